The maximum absolute atomic E-state index is 11.8. The smallest absolute Gasteiger partial charge is 0.342 e. The second kappa shape index (κ2) is 7.53. The molecule has 0 atom stereocenters. The van der Waals surface area contributed by atoms with Crippen molar-refractivity contribution in [3.8, 4) is 11.5 Å². The van der Waals surface area contributed by atoms with Gasteiger partial charge in [-0.2, -0.15) is 0 Å². The van der Waals surface area contributed by atoms with E-state index in [9.17, 15) is 9.90 Å². The van der Waals surface area contributed by atoms with Gasteiger partial charge in [0, 0.05) is 40.3 Å². The molecule has 2 aromatic heterocycles. The first-order chi connectivity index (χ1) is 13.5. The summed E-state index contributed by atoms with van der Waals surface area (Å²) in [5, 5.41) is 19.3. The third kappa shape index (κ3) is 3.67. The van der Waals surface area contributed by atoms with Crippen LogP contribution in [0.4, 0.5) is 0 Å². The summed E-state index contributed by atoms with van der Waals surface area (Å²) in [6.45, 7) is 0. The molecule has 4 aromatic rings. The lowest BCUT2D eigenvalue weighted by atomic mass is 10.1. The van der Waals surface area contributed by atoms with E-state index < -0.39 is 5.97 Å². The van der Waals surface area contributed by atoms with E-state index in [-0.39, 0.29) is 10.1 Å². The Morgan fingerprint density at radius 1 is 1.18 bits per heavy atom. The summed E-state index contributed by atoms with van der Waals surface area (Å²) in [6, 6.07) is 14.8. The molecule has 2 aromatic carbocycles. The number of rotatable bonds is 5. The number of nitrogens with zero attached hydrogens (tertiary/aromatic N) is 3. The van der Waals surface area contributed by atoms with Crippen LogP contribution in [0.25, 0.3) is 28.4 Å². The van der Waals surface area contributed by atoms with Gasteiger partial charge in [-0.1, -0.05) is 29.8 Å². The molecule has 0 saturated heterocycles. The fraction of sp³-hybridized carbons (Fsp3) is 0.0500. The van der Waals surface area contributed by atoms with Gasteiger partial charge in [-0.05, 0) is 48.2 Å². The van der Waals surface area contributed by atoms with E-state index >= 15 is 0 Å². The number of hydrogen-bond donors (Lipinski definition) is 1. The molecule has 0 spiro atoms. The topological polar surface area (TPSA) is 81.2 Å². The summed E-state index contributed by atoms with van der Waals surface area (Å²) >= 11 is 6.80. The Morgan fingerprint density at radius 2 is 1.93 bits per heavy atom. The molecule has 0 saturated carbocycles. The van der Waals surface area contributed by atoms with Crippen molar-refractivity contribution in [2.45, 2.75) is 5.22 Å². The highest BCUT2D eigenvalue weighted by Gasteiger charge is 2.17. The monoisotopic (exact) mass is 411 g/mol. The number of thioether (sulfide) groups is 1. The van der Waals surface area contributed by atoms with E-state index in [0.717, 1.165) is 28.2 Å². The second-order valence-electron chi connectivity index (χ2n) is 6.01. The Hall–Kier alpha value is -3.03. The molecule has 0 bridgehead atoms. The van der Waals surface area contributed by atoms with Crippen LogP contribution in [0.3, 0.4) is 0 Å². The summed E-state index contributed by atoms with van der Waals surface area (Å²) in [4.78, 5) is 11.9. The number of benzene rings is 2. The van der Waals surface area contributed by atoms with Gasteiger partial charge in [0.05, 0.1) is 0 Å². The van der Waals surface area contributed by atoms with Gasteiger partial charge in [0.25, 0.3) is 5.22 Å². The van der Waals surface area contributed by atoms with Crippen LogP contribution in [-0.4, -0.2) is 25.8 Å². The van der Waals surface area contributed by atoms with Crippen LogP contribution in [0, 0.1) is 0 Å². The fourth-order valence-corrected chi connectivity index (χ4v) is 3.61. The average Bonchev–Trinajstić information content (AvgIpc) is 3.27. The molecule has 4 rings (SSSR count). The van der Waals surface area contributed by atoms with Gasteiger partial charge >= 0.3 is 5.97 Å². The van der Waals surface area contributed by atoms with Crippen molar-refractivity contribution in [1.29, 1.82) is 0 Å². The van der Waals surface area contributed by atoms with Crippen molar-refractivity contribution in [3.63, 3.8) is 0 Å². The number of carboxylic acids is 1. The molecule has 8 heteroatoms. The predicted molar refractivity (Wildman–Crippen MR) is 109 cm³/mol. The minimum Gasteiger partial charge on any atom is -0.477 e. The maximum Gasteiger partial charge on any atom is 0.342 e. The second-order valence-corrected chi connectivity index (χ2v) is 7.44. The molecule has 0 fully saturated rings. The quantitative estimate of drug-likeness (QED) is 0.363. The largest absolute Gasteiger partial charge is 0.477 e. The van der Waals surface area contributed by atoms with Crippen LogP contribution in [0.2, 0.25) is 5.02 Å². The minimum absolute atomic E-state index is 0.0858. The first-order valence-corrected chi connectivity index (χ1v) is 9.47. The lowest BCUT2D eigenvalue weighted by molar-refractivity contribution is -0.131. The van der Waals surface area contributed by atoms with Crippen molar-refractivity contribution in [2.24, 2.45) is 7.05 Å². The summed E-state index contributed by atoms with van der Waals surface area (Å²) in [6.07, 6.45) is 3.50. The van der Waals surface area contributed by atoms with E-state index in [0.29, 0.717) is 16.5 Å². The number of carbonyl (C=O) groups is 1. The van der Waals surface area contributed by atoms with E-state index in [2.05, 4.69) is 10.2 Å². The summed E-state index contributed by atoms with van der Waals surface area (Å²) < 4.78 is 7.56. The first-order valence-electron chi connectivity index (χ1n) is 8.27. The van der Waals surface area contributed by atoms with Gasteiger partial charge in [0.1, 0.15) is 4.91 Å². The van der Waals surface area contributed by atoms with Crippen molar-refractivity contribution >= 4 is 46.3 Å². The number of fused-ring (bicyclic) bond motifs is 1. The van der Waals surface area contributed by atoms with Gasteiger partial charge in [0.2, 0.25) is 5.89 Å². The van der Waals surface area contributed by atoms with E-state index in [1.807, 2.05) is 42.1 Å². The molecule has 1 N–H and O–H groups in total. The summed E-state index contributed by atoms with van der Waals surface area (Å²) in [5.41, 5.74) is 2.53. The third-order valence-electron chi connectivity index (χ3n) is 4.12. The SMILES string of the molecule is Cn1cc(/C=C(\Sc2nnc(-c3ccc(Cl)cc3)o2)C(=O)O)c2ccccc21. The Kier molecular flexibility index (Phi) is 4.93. The van der Waals surface area contributed by atoms with Crippen molar-refractivity contribution in [1.82, 2.24) is 14.8 Å². The van der Waals surface area contributed by atoms with Gasteiger partial charge in [-0.15, -0.1) is 10.2 Å². The van der Waals surface area contributed by atoms with Crippen molar-refractivity contribution in [3.05, 3.63) is 70.2 Å². The summed E-state index contributed by atoms with van der Waals surface area (Å²) in [5.74, 6) is -0.766. The summed E-state index contributed by atoms with van der Waals surface area (Å²) in [7, 11) is 1.92. The highest BCUT2D eigenvalue weighted by molar-refractivity contribution is 8.03. The Bertz CT molecular complexity index is 1200. The standard InChI is InChI=1S/C20H14ClN3O3S/c1-24-11-13(15-4-2-3-5-16(15)24)10-17(19(25)26)28-20-23-22-18(27-20)12-6-8-14(21)9-7-12/h2-11H,1H3,(H,25,26)/b17-10-. The zero-order chi connectivity index (χ0) is 19.7. The molecule has 0 aliphatic carbocycles. The van der Waals surface area contributed by atoms with Crippen LogP contribution < -0.4 is 0 Å². The Morgan fingerprint density at radius 3 is 2.68 bits per heavy atom. The van der Waals surface area contributed by atoms with Gasteiger partial charge < -0.3 is 14.1 Å². The van der Waals surface area contributed by atoms with E-state index in [1.165, 1.54) is 0 Å². The zero-order valence-corrected chi connectivity index (χ0v) is 16.2. The third-order valence-corrected chi connectivity index (χ3v) is 5.22. The van der Waals surface area contributed by atoms with Gasteiger partial charge in [0.15, 0.2) is 0 Å². The highest BCUT2D eigenvalue weighted by Crippen LogP contribution is 2.32. The molecule has 0 aliphatic heterocycles. The molecule has 0 radical (unpaired) electrons. The molecule has 0 aliphatic rings. The van der Waals surface area contributed by atoms with Crippen LogP contribution in [0.5, 0.6) is 0 Å². The lowest BCUT2D eigenvalue weighted by Gasteiger charge is -1.98. The van der Waals surface area contributed by atoms with E-state index in [4.69, 9.17) is 16.0 Å². The number of aromatic nitrogens is 3. The number of carboxylic acid groups (broad SMARTS) is 1. The van der Waals surface area contributed by atoms with Crippen molar-refractivity contribution in [2.75, 3.05) is 0 Å². The van der Waals surface area contributed by atoms with E-state index in [1.54, 1.807) is 30.3 Å². The fourth-order valence-electron chi connectivity index (χ4n) is 2.82. The molecule has 2 heterocycles. The van der Waals surface area contributed by atoms with Crippen LogP contribution in [0.1, 0.15) is 5.56 Å². The molecule has 0 unspecified atom stereocenters. The minimum atomic E-state index is -1.07. The number of para-hydroxylation sites is 1. The molecule has 140 valence electrons. The zero-order valence-electron chi connectivity index (χ0n) is 14.7. The average molecular weight is 412 g/mol. The lowest BCUT2D eigenvalue weighted by Crippen LogP contribution is -1.96. The molecular weight excluding hydrogens is 398 g/mol. The molecular formula is C20H14ClN3O3S. The number of halogens is 1. The van der Waals surface area contributed by atoms with Gasteiger partial charge in [-0.3, -0.25) is 0 Å². The number of aliphatic carboxylic acids is 1. The number of hydrogen-bond acceptors (Lipinski definition) is 5. The van der Waals surface area contributed by atoms with Crippen molar-refractivity contribution < 1.29 is 14.3 Å². The number of aryl methyl sites for hydroxylation is 1. The predicted octanol–water partition coefficient (Wildman–Crippen LogP) is 5.10. The molecule has 0 amide bonds. The Balaban J connectivity index is 1.65. The maximum atomic E-state index is 11.8. The van der Waals surface area contributed by atoms with Crippen LogP contribution in [-0.2, 0) is 11.8 Å². The molecule has 6 nitrogen and oxygen atoms in total. The van der Waals surface area contributed by atoms with Crippen LogP contribution >= 0.6 is 23.4 Å². The van der Waals surface area contributed by atoms with Crippen LogP contribution in [0.15, 0.2) is 69.3 Å². The first kappa shape index (κ1) is 18.3. The Labute approximate surface area is 169 Å². The molecule has 28 heavy (non-hydrogen) atoms. The normalized spacial score (nSPS) is 11.9. The van der Waals surface area contributed by atoms with Gasteiger partial charge in [-0.25, -0.2) is 4.79 Å². The highest BCUT2D eigenvalue weighted by atomic mass is 35.5.